The van der Waals surface area contributed by atoms with Crippen LogP contribution in [-0.2, 0) is 17.9 Å². The maximum absolute atomic E-state index is 13.4. The molecule has 0 spiro atoms. The Morgan fingerprint density at radius 2 is 1.89 bits per heavy atom. The molecule has 1 atom stereocenters. The molecule has 0 aliphatic carbocycles. The van der Waals surface area contributed by atoms with Gasteiger partial charge in [0.15, 0.2) is 0 Å². The highest BCUT2D eigenvalue weighted by atomic mass is 16.5. The lowest BCUT2D eigenvalue weighted by atomic mass is 10.0. The Morgan fingerprint density at radius 1 is 1.08 bits per heavy atom. The average molecular weight is 484 g/mol. The second-order valence-corrected chi connectivity index (χ2v) is 8.95. The van der Waals surface area contributed by atoms with Crippen molar-refractivity contribution in [2.75, 3.05) is 20.7 Å². The first-order valence-corrected chi connectivity index (χ1v) is 11.9. The number of ether oxygens (including phenoxy) is 1. The van der Waals surface area contributed by atoms with Crippen LogP contribution in [0.1, 0.15) is 34.9 Å². The maximum atomic E-state index is 13.4. The molecule has 8 heteroatoms. The predicted octanol–water partition coefficient (Wildman–Crippen LogP) is 4.34. The molecule has 1 aliphatic heterocycles. The van der Waals surface area contributed by atoms with Gasteiger partial charge in [0.25, 0.3) is 5.91 Å². The molecule has 0 unspecified atom stereocenters. The van der Waals surface area contributed by atoms with E-state index in [1.165, 1.54) is 5.56 Å². The average Bonchev–Trinajstić information content (AvgIpc) is 3.66. The van der Waals surface area contributed by atoms with Crippen molar-refractivity contribution in [3.8, 4) is 5.75 Å². The Hall–Kier alpha value is -4.17. The molecule has 1 amide bonds. The van der Waals surface area contributed by atoms with Crippen molar-refractivity contribution >= 4 is 11.6 Å². The third kappa shape index (κ3) is 5.39. The Kier molecular flexibility index (Phi) is 6.95. The highest BCUT2D eigenvalue weighted by molar-refractivity contribution is 6.03. The molecule has 0 N–H and O–H groups in total. The predicted molar refractivity (Wildman–Crippen MR) is 137 cm³/mol. The van der Waals surface area contributed by atoms with Crippen molar-refractivity contribution in [1.82, 2.24) is 19.7 Å². The summed E-state index contributed by atoms with van der Waals surface area (Å²) in [6, 6.07) is 21.4. The molecule has 0 saturated heterocycles. The minimum atomic E-state index is -0.272. The number of furan rings is 1. The number of methoxy groups -OCH3 is 1. The van der Waals surface area contributed by atoms with Gasteiger partial charge in [0.2, 0.25) is 0 Å². The van der Waals surface area contributed by atoms with Crippen LogP contribution in [0.2, 0.25) is 0 Å². The van der Waals surface area contributed by atoms with E-state index in [1.807, 2.05) is 83.6 Å². The molecule has 0 bridgehead atoms. The van der Waals surface area contributed by atoms with Crippen molar-refractivity contribution in [3.05, 3.63) is 108 Å². The number of amides is 1. The molecule has 2 aromatic carbocycles. The van der Waals surface area contributed by atoms with Crippen LogP contribution in [0, 0.1) is 0 Å². The van der Waals surface area contributed by atoms with Gasteiger partial charge in [-0.1, -0.05) is 30.3 Å². The fourth-order valence-corrected chi connectivity index (χ4v) is 4.42. The third-order valence-corrected chi connectivity index (χ3v) is 6.19. The van der Waals surface area contributed by atoms with Gasteiger partial charge in [-0.2, -0.15) is 10.2 Å². The molecule has 5 rings (SSSR count). The summed E-state index contributed by atoms with van der Waals surface area (Å²) in [5.74, 6) is 1.42. The van der Waals surface area contributed by atoms with Crippen molar-refractivity contribution < 1.29 is 13.9 Å². The first-order chi connectivity index (χ1) is 17.6. The lowest BCUT2D eigenvalue weighted by Gasteiger charge is -2.23. The first-order valence-electron chi connectivity index (χ1n) is 11.9. The second-order valence-electron chi connectivity index (χ2n) is 8.95. The fourth-order valence-electron chi connectivity index (χ4n) is 4.42. The van der Waals surface area contributed by atoms with Crippen LogP contribution in [0.15, 0.2) is 94.9 Å². The number of hydrogen-bond acceptors (Lipinski definition) is 6. The first kappa shape index (κ1) is 23.6. The van der Waals surface area contributed by atoms with Crippen molar-refractivity contribution in [1.29, 1.82) is 0 Å². The Labute approximate surface area is 210 Å². The smallest absolute Gasteiger partial charge is 0.257 e. The van der Waals surface area contributed by atoms with Gasteiger partial charge in [-0.05, 0) is 54.6 Å². The van der Waals surface area contributed by atoms with E-state index in [1.54, 1.807) is 18.4 Å². The highest BCUT2D eigenvalue weighted by Crippen LogP contribution is 2.33. The summed E-state index contributed by atoms with van der Waals surface area (Å²) in [5, 5.41) is 10.8. The van der Waals surface area contributed by atoms with Crippen molar-refractivity contribution in [2.45, 2.75) is 25.6 Å². The zero-order valence-electron chi connectivity index (χ0n) is 20.4. The standard InChI is InChI=1S/C28H29N5O3/c1-31(17-22-16-29-32(19-22)18-21-7-4-3-5-8-21)20-28(34)33-26(27-9-6-14-36-27)15-25(30-33)23-10-12-24(35-2)13-11-23/h3-14,16,19,26H,15,17-18,20H2,1-2H3/t26-/m0/s1. The molecule has 0 fully saturated rings. The summed E-state index contributed by atoms with van der Waals surface area (Å²) in [4.78, 5) is 15.3. The Balaban J connectivity index is 1.26. The topological polar surface area (TPSA) is 76.1 Å². The van der Waals surface area contributed by atoms with Crippen LogP contribution in [0.5, 0.6) is 5.75 Å². The van der Waals surface area contributed by atoms with Gasteiger partial charge < -0.3 is 9.15 Å². The summed E-state index contributed by atoms with van der Waals surface area (Å²) in [6.45, 7) is 1.54. The molecule has 3 heterocycles. The SMILES string of the molecule is COc1ccc(C2=NN(C(=O)CN(C)Cc3cnn(Cc4ccccc4)c3)[C@H](c3ccco3)C2)cc1. The number of hydrazone groups is 1. The molecular formula is C28H29N5O3. The van der Waals surface area contributed by atoms with Gasteiger partial charge in [-0.25, -0.2) is 5.01 Å². The summed E-state index contributed by atoms with van der Waals surface area (Å²) in [6.07, 6.45) is 6.09. The molecular weight excluding hydrogens is 454 g/mol. The van der Waals surface area contributed by atoms with Gasteiger partial charge in [0.1, 0.15) is 17.6 Å². The molecule has 2 aromatic heterocycles. The molecule has 1 aliphatic rings. The van der Waals surface area contributed by atoms with Crippen LogP contribution in [0.4, 0.5) is 0 Å². The normalized spacial score (nSPS) is 15.4. The van der Waals surface area contributed by atoms with Gasteiger partial charge in [-0.15, -0.1) is 0 Å². The summed E-state index contributed by atoms with van der Waals surface area (Å²) < 4.78 is 12.8. The van der Waals surface area contributed by atoms with Gasteiger partial charge in [0, 0.05) is 24.7 Å². The largest absolute Gasteiger partial charge is 0.497 e. The van der Waals surface area contributed by atoms with E-state index in [9.17, 15) is 4.79 Å². The lowest BCUT2D eigenvalue weighted by Crippen LogP contribution is -2.36. The second kappa shape index (κ2) is 10.6. The minimum absolute atomic E-state index is 0.0842. The number of hydrogen-bond donors (Lipinski definition) is 0. The zero-order chi connectivity index (χ0) is 24.9. The van der Waals surface area contributed by atoms with E-state index < -0.39 is 0 Å². The van der Waals surface area contributed by atoms with Gasteiger partial charge in [-0.3, -0.25) is 14.4 Å². The summed E-state index contributed by atoms with van der Waals surface area (Å²) >= 11 is 0. The minimum Gasteiger partial charge on any atom is -0.497 e. The molecule has 36 heavy (non-hydrogen) atoms. The van der Waals surface area contributed by atoms with E-state index in [4.69, 9.17) is 14.3 Å². The van der Waals surface area contributed by atoms with Crippen molar-refractivity contribution in [2.24, 2.45) is 5.10 Å². The Morgan fingerprint density at radius 3 is 2.61 bits per heavy atom. The van der Waals surface area contributed by atoms with Crippen LogP contribution in [-0.4, -0.2) is 52.0 Å². The number of likely N-dealkylation sites (N-methyl/N-ethyl adjacent to an activating group) is 1. The monoisotopic (exact) mass is 483 g/mol. The number of carbonyl (C=O) groups excluding carboxylic acids is 1. The maximum Gasteiger partial charge on any atom is 0.257 e. The molecule has 0 saturated carbocycles. The van der Waals surface area contributed by atoms with E-state index in [2.05, 4.69) is 17.2 Å². The van der Waals surface area contributed by atoms with E-state index in [0.29, 0.717) is 19.5 Å². The van der Waals surface area contributed by atoms with E-state index in [-0.39, 0.29) is 18.5 Å². The molecule has 8 nitrogen and oxygen atoms in total. The summed E-state index contributed by atoms with van der Waals surface area (Å²) in [7, 11) is 3.57. The van der Waals surface area contributed by atoms with Crippen LogP contribution in [0.25, 0.3) is 0 Å². The number of benzene rings is 2. The quantitative estimate of drug-likeness (QED) is 0.354. The van der Waals surface area contributed by atoms with E-state index in [0.717, 1.165) is 28.3 Å². The number of aromatic nitrogens is 2. The van der Waals surface area contributed by atoms with Gasteiger partial charge >= 0.3 is 0 Å². The third-order valence-electron chi connectivity index (χ3n) is 6.19. The summed E-state index contributed by atoms with van der Waals surface area (Å²) in [5.41, 5.74) is 4.05. The highest BCUT2D eigenvalue weighted by Gasteiger charge is 2.35. The molecule has 0 radical (unpaired) electrons. The van der Waals surface area contributed by atoms with Crippen LogP contribution >= 0.6 is 0 Å². The van der Waals surface area contributed by atoms with Crippen molar-refractivity contribution in [3.63, 3.8) is 0 Å². The zero-order valence-corrected chi connectivity index (χ0v) is 20.4. The number of carbonyl (C=O) groups is 1. The molecule has 184 valence electrons. The Bertz CT molecular complexity index is 1310. The number of rotatable bonds is 9. The number of nitrogens with zero attached hydrogens (tertiary/aromatic N) is 5. The van der Waals surface area contributed by atoms with Crippen LogP contribution < -0.4 is 4.74 Å². The van der Waals surface area contributed by atoms with Crippen LogP contribution in [0.3, 0.4) is 0 Å². The fraction of sp³-hybridized carbons (Fsp3) is 0.250. The lowest BCUT2D eigenvalue weighted by molar-refractivity contribution is -0.134. The molecule has 4 aromatic rings. The van der Waals surface area contributed by atoms with E-state index >= 15 is 0 Å². The van der Waals surface area contributed by atoms with Gasteiger partial charge in [0.05, 0.1) is 38.4 Å².